The second-order valence-electron chi connectivity index (χ2n) is 3.89. The molecule has 0 radical (unpaired) electrons. The highest BCUT2D eigenvalue weighted by Crippen LogP contribution is 2.19. The monoisotopic (exact) mass is 195 g/mol. The molecule has 1 heterocycles. The molecule has 0 atom stereocenters. The number of rotatable bonds is 1. The summed E-state index contributed by atoms with van der Waals surface area (Å²) < 4.78 is 2.29. The average molecular weight is 195 g/mol. The number of aromatic amines is 1. The van der Waals surface area contributed by atoms with E-state index in [9.17, 15) is 0 Å². The van der Waals surface area contributed by atoms with Crippen molar-refractivity contribution >= 4 is 12.2 Å². The topological polar surface area (TPSA) is 33.6 Å². The maximum absolute atomic E-state index is 5.23. The van der Waals surface area contributed by atoms with Crippen LogP contribution in [0.1, 0.15) is 26.6 Å². The summed E-state index contributed by atoms with van der Waals surface area (Å²) in [5.74, 6) is 3.45. The van der Waals surface area contributed by atoms with Gasteiger partial charge in [0.25, 0.3) is 0 Å². The molecule has 3 nitrogen and oxygen atoms in total. The number of H-pyrrole nitrogens is 1. The van der Waals surface area contributed by atoms with Gasteiger partial charge in [-0.1, -0.05) is 26.7 Å². The van der Waals surface area contributed by atoms with Crippen LogP contribution in [-0.2, 0) is 12.0 Å². The van der Waals surface area contributed by atoms with Crippen molar-refractivity contribution in [3.8, 4) is 12.3 Å². The van der Waals surface area contributed by atoms with Gasteiger partial charge >= 0.3 is 0 Å². The highest BCUT2D eigenvalue weighted by atomic mass is 32.1. The van der Waals surface area contributed by atoms with Crippen LogP contribution in [0.3, 0.4) is 0 Å². The molecule has 0 spiro atoms. The predicted molar refractivity (Wildman–Crippen MR) is 54.9 cm³/mol. The van der Waals surface area contributed by atoms with Crippen molar-refractivity contribution in [1.29, 1.82) is 0 Å². The Kier molecular flexibility index (Phi) is 2.58. The van der Waals surface area contributed by atoms with Gasteiger partial charge in [-0.3, -0.25) is 9.78 Å². The van der Waals surface area contributed by atoms with Gasteiger partial charge in [0, 0.05) is 5.41 Å². The summed E-state index contributed by atoms with van der Waals surface area (Å²) >= 11 is 4.95. The summed E-state index contributed by atoms with van der Waals surface area (Å²) in [6, 6.07) is 0. The van der Waals surface area contributed by atoms with Crippen LogP contribution in [0, 0.1) is 17.1 Å². The fourth-order valence-electron chi connectivity index (χ4n) is 1.13. The molecule has 1 aromatic rings. The lowest BCUT2D eigenvalue weighted by molar-refractivity contribution is 0.496. The van der Waals surface area contributed by atoms with Gasteiger partial charge in [-0.05, 0) is 12.2 Å². The zero-order valence-electron chi connectivity index (χ0n) is 8.09. The minimum atomic E-state index is -0.0373. The van der Waals surface area contributed by atoms with E-state index in [0.717, 1.165) is 5.82 Å². The normalized spacial score (nSPS) is 11.2. The van der Waals surface area contributed by atoms with Crippen LogP contribution in [-0.4, -0.2) is 14.8 Å². The van der Waals surface area contributed by atoms with Crippen LogP contribution < -0.4 is 0 Å². The third kappa shape index (κ3) is 2.19. The van der Waals surface area contributed by atoms with E-state index in [-0.39, 0.29) is 5.41 Å². The number of nitrogens with one attached hydrogen (secondary N) is 1. The lowest BCUT2D eigenvalue weighted by atomic mass is 9.96. The first kappa shape index (κ1) is 10.0. The minimum Gasteiger partial charge on any atom is -0.270 e. The van der Waals surface area contributed by atoms with E-state index >= 15 is 0 Å². The number of nitrogens with zero attached hydrogens (tertiary/aromatic N) is 2. The van der Waals surface area contributed by atoms with E-state index in [1.807, 2.05) is 4.68 Å². The molecule has 13 heavy (non-hydrogen) atoms. The van der Waals surface area contributed by atoms with E-state index < -0.39 is 0 Å². The number of aromatic nitrogens is 3. The van der Waals surface area contributed by atoms with Crippen LogP contribution >= 0.6 is 12.2 Å². The van der Waals surface area contributed by atoms with Crippen molar-refractivity contribution in [2.45, 2.75) is 32.7 Å². The van der Waals surface area contributed by atoms with Crippen LogP contribution in [0.2, 0.25) is 0 Å². The Morgan fingerprint density at radius 1 is 1.62 bits per heavy atom. The van der Waals surface area contributed by atoms with Gasteiger partial charge in [0.15, 0.2) is 0 Å². The first-order chi connectivity index (χ1) is 5.95. The van der Waals surface area contributed by atoms with E-state index in [4.69, 9.17) is 18.6 Å². The molecule has 70 valence electrons. The minimum absolute atomic E-state index is 0.0373. The molecule has 0 amide bonds. The van der Waals surface area contributed by atoms with Gasteiger partial charge in [-0.2, -0.15) is 0 Å². The first-order valence-corrected chi connectivity index (χ1v) is 4.47. The fourth-order valence-corrected chi connectivity index (χ4v) is 1.32. The van der Waals surface area contributed by atoms with Crippen molar-refractivity contribution in [2.75, 3.05) is 0 Å². The Morgan fingerprint density at radius 2 is 2.23 bits per heavy atom. The van der Waals surface area contributed by atoms with E-state index in [2.05, 4.69) is 36.8 Å². The SMILES string of the molecule is C#CCn1[nH]c(=S)nc1C(C)(C)C. The van der Waals surface area contributed by atoms with E-state index in [1.165, 1.54) is 0 Å². The Bertz CT molecular complexity index is 386. The van der Waals surface area contributed by atoms with Crippen molar-refractivity contribution in [3.63, 3.8) is 0 Å². The highest BCUT2D eigenvalue weighted by molar-refractivity contribution is 7.71. The van der Waals surface area contributed by atoms with Crippen LogP contribution in [0.4, 0.5) is 0 Å². The quantitative estimate of drug-likeness (QED) is 0.548. The molecule has 1 rings (SSSR count). The second kappa shape index (κ2) is 3.35. The summed E-state index contributed by atoms with van der Waals surface area (Å²) in [6.07, 6.45) is 5.23. The molecule has 0 fully saturated rings. The first-order valence-electron chi connectivity index (χ1n) is 4.06. The molecule has 4 heteroatoms. The van der Waals surface area contributed by atoms with Gasteiger partial charge in [0.05, 0.1) is 0 Å². The lowest BCUT2D eigenvalue weighted by Crippen LogP contribution is -2.19. The molecule has 0 aliphatic rings. The standard InChI is InChI=1S/C9H13N3S/c1-5-6-12-7(9(2,3)4)10-8(13)11-12/h1H,6H2,2-4H3,(H,11,13). The summed E-state index contributed by atoms with van der Waals surface area (Å²) in [7, 11) is 0. The molecule has 0 aliphatic carbocycles. The summed E-state index contributed by atoms with van der Waals surface area (Å²) in [4.78, 5) is 4.23. The van der Waals surface area contributed by atoms with Gasteiger partial charge in [0.1, 0.15) is 12.4 Å². The zero-order chi connectivity index (χ0) is 10.1. The third-order valence-corrected chi connectivity index (χ3v) is 1.80. The Labute approximate surface area is 83.2 Å². The van der Waals surface area contributed by atoms with Crippen LogP contribution in [0.5, 0.6) is 0 Å². The predicted octanol–water partition coefficient (Wildman–Crippen LogP) is 1.87. The fraction of sp³-hybridized carbons (Fsp3) is 0.556. The molecular formula is C9H13N3S. The van der Waals surface area contributed by atoms with E-state index in [1.54, 1.807) is 0 Å². The lowest BCUT2D eigenvalue weighted by Gasteiger charge is -2.17. The second-order valence-corrected chi connectivity index (χ2v) is 4.28. The molecule has 1 N–H and O–H groups in total. The molecule has 0 aliphatic heterocycles. The van der Waals surface area contributed by atoms with Crippen molar-refractivity contribution in [2.24, 2.45) is 0 Å². The Hall–Kier alpha value is -1.08. The van der Waals surface area contributed by atoms with Gasteiger partial charge in [-0.15, -0.1) is 6.42 Å². The molecular weight excluding hydrogens is 182 g/mol. The third-order valence-electron chi connectivity index (χ3n) is 1.61. The Morgan fingerprint density at radius 3 is 2.69 bits per heavy atom. The molecule has 1 aromatic heterocycles. The Balaban J connectivity index is 3.21. The molecule has 0 aromatic carbocycles. The molecule has 0 bridgehead atoms. The molecule has 0 saturated carbocycles. The van der Waals surface area contributed by atoms with Crippen LogP contribution in [0.15, 0.2) is 0 Å². The highest BCUT2D eigenvalue weighted by Gasteiger charge is 2.20. The maximum Gasteiger partial charge on any atom is 0.213 e. The zero-order valence-corrected chi connectivity index (χ0v) is 8.90. The van der Waals surface area contributed by atoms with Crippen molar-refractivity contribution in [1.82, 2.24) is 14.8 Å². The smallest absolute Gasteiger partial charge is 0.213 e. The molecule has 0 unspecified atom stereocenters. The maximum atomic E-state index is 5.23. The van der Waals surface area contributed by atoms with Gasteiger partial charge in [-0.25, -0.2) is 4.98 Å². The van der Waals surface area contributed by atoms with Crippen molar-refractivity contribution in [3.05, 3.63) is 10.6 Å². The summed E-state index contributed by atoms with van der Waals surface area (Å²) in [6.45, 7) is 6.71. The number of hydrogen-bond donors (Lipinski definition) is 1. The molecule has 0 saturated heterocycles. The van der Waals surface area contributed by atoms with Crippen LogP contribution in [0.25, 0.3) is 0 Å². The van der Waals surface area contributed by atoms with Gasteiger partial charge < -0.3 is 0 Å². The average Bonchev–Trinajstić information content (AvgIpc) is 2.30. The summed E-state index contributed by atoms with van der Waals surface area (Å²) in [5.41, 5.74) is -0.0373. The number of terminal acetylenes is 1. The number of hydrogen-bond acceptors (Lipinski definition) is 2. The summed E-state index contributed by atoms with van der Waals surface area (Å²) in [5, 5.41) is 2.93. The largest absolute Gasteiger partial charge is 0.270 e. The van der Waals surface area contributed by atoms with E-state index in [0.29, 0.717) is 11.3 Å². The van der Waals surface area contributed by atoms with Crippen molar-refractivity contribution < 1.29 is 0 Å². The van der Waals surface area contributed by atoms with Gasteiger partial charge in [0.2, 0.25) is 4.77 Å².